The van der Waals surface area contributed by atoms with Gasteiger partial charge in [0, 0.05) is 10.6 Å². The van der Waals surface area contributed by atoms with Crippen LogP contribution in [0.4, 0.5) is 0 Å². The molecule has 0 spiro atoms. The molecule has 2 heteroatoms. The summed E-state index contributed by atoms with van der Waals surface area (Å²) in [7, 11) is 0. The van der Waals surface area contributed by atoms with Gasteiger partial charge in [-0.1, -0.05) is 12.1 Å². The molecule has 1 nitrogen and oxygen atoms in total. The molecule has 2 rings (SSSR count). The molecule has 0 radical (unpaired) electrons. The van der Waals surface area contributed by atoms with Crippen LogP contribution < -0.4 is 0 Å². The lowest BCUT2D eigenvalue weighted by molar-refractivity contribution is 0.199. The predicted octanol–water partition coefficient (Wildman–Crippen LogP) is 2.39. The first-order chi connectivity index (χ1) is 5.77. The van der Waals surface area contributed by atoms with Crippen LogP contribution >= 0.6 is 11.8 Å². The van der Waals surface area contributed by atoms with Crippen LogP contribution in [0.5, 0.6) is 0 Å². The van der Waals surface area contributed by atoms with Gasteiger partial charge >= 0.3 is 0 Å². The molecule has 12 heavy (non-hydrogen) atoms. The lowest BCUT2D eigenvalue weighted by atomic mass is 10.1. The molecule has 1 aromatic carbocycles. The lowest BCUT2D eigenvalue weighted by Crippen LogP contribution is -1.92. The summed E-state index contributed by atoms with van der Waals surface area (Å²) in [5, 5.41) is 9.35. The van der Waals surface area contributed by atoms with Gasteiger partial charge in [0.1, 0.15) is 0 Å². The van der Waals surface area contributed by atoms with Crippen molar-refractivity contribution in [2.75, 3.05) is 5.75 Å². The van der Waals surface area contributed by atoms with Crippen LogP contribution in [0.1, 0.15) is 24.2 Å². The molecule has 0 bridgehead atoms. The van der Waals surface area contributed by atoms with Crippen molar-refractivity contribution in [2.24, 2.45) is 0 Å². The zero-order chi connectivity index (χ0) is 8.55. The quantitative estimate of drug-likeness (QED) is 0.716. The zero-order valence-corrected chi connectivity index (χ0v) is 7.90. The van der Waals surface area contributed by atoms with Gasteiger partial charge in [-0.05, 0) is 30.5 Å². The fourth-order valence-corrected chi connectivity index (χ4v) is 2.52. The number of fused-ring (bicyclic) bond motifs is 1. The van der Waals surface area contributed by atoms with E-state index in [1.807, 2.05) is 24.8 Å². The van der Waals surface area contributed by atoms with E-state index in [1.54, 1.807) is 0 Å². The molecule has 1 aliphatic heterocycles. The topological polar surface area (TPSA) is 20.2 Å². The van der Waals surface area contributed by atoms with Gasteiger partial charge in [0.2, 0.25) is 0 Å². The van der Waals surface area contributed by atoms with Crippen LogP contribution in [-0.4, -0.2) is 10.9 Å². The summed E-state index contributed by atoms with van der Waals surface area (Å²) in [5.74, 6) is 1.19. The third-order valence-electron chi connectivity index (χ3n) is 2.20. The number of thioether (sulfide) groups is 1. The molecule has 0 aliphatic carbocycles. The van der Waals surface area contributed by atoms with Gasteiger partial charge in [0.15, 0.2) is 0 Å². The van der Waals surface area contributed by atoms with Crippen LogP contribution in [0.2, 0.25) is 0 Å². The van der Waals surface area contributed by atoms with Crippen LogP contribution in [0.3, 0.4) is 0 Å². The van der Waals surface area contributed by atoms with Crippen LogP contribution in [0.15, 0.2) is 23.1 Å². The van der Waals surface area contributed by atoms with Crippen molar-refractivity contribution < 1.29 is 5.11 Å². The van der Waals surface area contributed by atoms with Crippen molar-refractivity contribution in [3.63, 3.8) is 0 Å². The highest BCUT2D eigenvalue weighted by Crippen LogP contribution is 2.32. The molecular weight excluding hydrogens is 168 g/mol. The van der Waals surface area contributed by atoms with E-state index in [9.17, 15) is 5.11 Å². The molecule has 1 aliphatic rings. The second kappa shape index (κ2) is 3.11. The summed E-state index contributed by atoms with van der Waals surface area (Å²) in [4.78, 5) is 1.39. The van der Waals surface area contributed by atoms with E-state index in [0.717, 1.165) is 12.0 Å². The van der Waals surface area contributed by atoms with E-state index >= 15 is 0 Å². The first kappa shape index (κ1) is 8.14. The summed E-state index contributed by atoms with van der Waals surface area (Å²) in [6.45, 7) is 1.81. The van der Waals surface area contributed by atoms with Crippen molar-refractivity contribution >= 4 is 11.8 Å². The Labute approximate surface area is 76.8 Å². The number of hydrogen-bond donors (Lipinski definition) is 1. The fourth-order valence-electron chi connectivity index (χ4n) is 1.47. The SMILES string of the molecule is CC(O)c1ccc2c(c1)CCS2. The Bertz CT molecular complexity index is 294. The van der Waals surface area contributed by atoms with Gasteiger partial charge in [0.05, 0.1) is 6.10 Å². The average molecular weight is 180 g/mol. The smallest absolute Gasteiger partial charge is 0.0762 e. The van der Waals surface area contributed by atoms with E-state index in [4.69, 9.17) is 0 Å². The van der Waals surface area contributed by atoms with E-state index < -0.39 is 0 Å². The van der Waals surface area contributed by atoms with Crippen molar-refractivity contribution in [2.45, 2.75) is 24.3 Å². The standard InChI is InChI=1S/C10H12OS/c1-7(11)8-2-3-10-9(6-8)4-5-12-10/h2-3,6-7,11H,4-5H2,1H3. The lowest BCUT2D eigenvalue weighted by Gasteiger charge is -2.06. The number of aliphatic hydroxyl groups excluding tert-OH is 1. The van der Waals surface area contributed by atoms with Gasteiger partial charge < -0.3 is 5.11 Å². The molecular formula is C10H12OS. The molecule has 1 atom stereocenters. The highest BCUT2D eigenvalue weighted by atomic mass is 32.2. The Morgan fingerprint density at radius 3 is 3.08 bits per heavy atom. The van der Waals surface area contributed by atoms with Gasteiger partial charge in [0.25, 0.3) is 0 Å². The van der Waals surface area contributed by atoms with Gasteiger partial charge in [-0.3, -0.25) is 0 Å². The van der Waals surface area contributed by atoms with Gasteiger partial charge in [-0.15, -0.1) is 11.8 Å². The molecule has 1 N–H and O–H groups in total. The Kier molecular flexibility index (Phi) is 2.11. The van der Waals surface area contributed by atoms with Crippen molar-refractivity contribution in [1.29, 1.82) is 0 Å². The maximum atomic E-state index is 9.35. The highest BCUT2D eigenvalue weighted by molar-refractivity contribution is 7.99. The highest BCUT2D eigenvalue weighted by Gasteiger charge is 2.12. The molecule has 0 saturated carbocycles. The molecule has 64 valence electrons. The van der Waals surface area contributed by atoms with E-state index in [1.165, 1.54) is 16.2 Å². The second-order valence-electron chi connectivity index (χ2n) is 3.14. The summed E-state index contributed by atoms with van der Waals surface area (Å²) < 4.78 is 0. The predicted molar refractivity (Wildman–Crippen MR) is 51.5 cm³/mol. The molecule has 0 amide bonds. The summed E-state index contributed by atoms with van der Waals surface area (Å²) >= 11 is 1.91. The van der Waals surface area contributed by atoms with Gasteiger partial charge in [-0.2, -0.15) is 0 Å². The Morgan fingerprint density at radius 2 is 2.33 bits per heavy atom. The number of rotatable bonds is 1. The van der Waals surface area contributed by atoms with Crippen LogP contribution in [0, 0.1) is 0 Å². The van der Waals surface area contributed by atoms with Crippen molar-refractivity contribution in [3.8, 4) is 0 Å². The minimum Gasteiger partial charge on any atom is -0.389 e. The second-order valence-corrected chi connectivity index (χ2v) is 4.28. The van der Waals surface area contributed by atoms with Crippen molar-refractivity contribution in [3.05, 3.63) is 29.3 Å². The molecule has 1 aromatic rings. The van der Waals surface area contributed by atoms with E-state index in [-0.39, 0.29) is 6.10 Å². The number of hydrogen-bond acceptors (Lipinski definition) is 2. The number of aryl methyl sites for hydroxylation is 1. The minimum atomic E-state index is -0.333. The van der Waals surface area contributed by atoms with Crippen LogP contribution in [0.25, 0.3) is 0 Å². The Balaban J connectivity index is 2.39. The van der Waals surface area contributed by atoms with E-state index in [2.05, 4.69) is 12.1 Å². The largest absolute Gasteiger partial charge is 0.389 e. The Morgan fingerprint density at radius 1 is 1.50 bits per heavy atom. The summed E-state index contributed by atoms with van der Waals surface area (Å²) in [6, 6.07) is 6.26. The summed E-state index contributed by atoms with van der Waals surface area (Å²) in [5.41, 5.74) is 2.44. The van der Waals surface area contributed by atoms with E-state index in [0.29, 0.717) is 0 Å². The average Bonchev–Trinajstić information content (AvgIpc) is 2.49. The third-order valence-corrected chi connectivity index (χ3v) is 3.31. The third kappa shape index (κ3) is 1.37. The molecule has 1 unspecified atom stereocenters. The maximum absolute atomic E-state index is 9.35. The molecule has 0 aromatic heterocycles. The molecule has 1 heterocycles. The summed E-state index contributed by atoms with van der Waals surface area (Å²) in [6.07, 6.45) is 0.821. The van der Waals surface area contributed by atoms with Gasteiger partial charge in [-0.25, -0.2) is 0 Å². The molecule has 0 saturated heterocycles. The first-order valence-electron chi connectivity index (χ1n) is 4.21. The monoisotopic (exact) mass is 180 g/mol. The minimum absolute atomic E-state index is 0.333. The zero-order valence-electron chi connectivity index (χ0n) is 7.08. The van der Waals surface area contributed by atoms with Crippen LogP contribution in [-0.2, 0) is 6.42 Å². The number of aliphatic hydroxyl groups is 1. The normalized spacial score (nSPS) is 17.5. The maximum Gasteiger partial charge on any atom is 0.0762 e. The fraction of sp³-hybridized carbons (Fsp3) is 0.400. The first-order valence-corrected chi connectivity index (χ1v) is 5.19. The van der Waals surface area contributed by atoms with Crippen molar-refractivity contribution in [1.82, 2.24) is 0 Å². The Hall–Kier alpha value is -0.470. The molecule has 0 fully saturated rings. The number of benzene rings is 1.